The Balaban J connectivity index is 1.61. The molecule has 23 heavy (non-hydrogen) atoms. The van der Waals surface area contributed by atoms with Crippen molar-refractivity contribution >= 4 is 21.7 Å². The van der Waals surface area contributed by atoms with Gasteiger partial charge in [0.15, 0.2) is 0 Å². The van der Waals surface area contributed by atoms with Gasteiger partial charge in [0.2, 0.25) is 10.0 Å². The van der Waals surface area contributed by atoms with Gasteiger partial charge in [-0.1, -0.05) is 19.3 Å². The smallest absolute Gasteiger partial charge is 0.321 e. The Kier molecular flexibility index (Phi) is 4.59. The van der Waals surface area contributed by atoms with Gasteiger partial charge in [-0.15, -0.1) is 0 Å². The van der Waals surface area contributed by atoms with Gasteiger partial charge in [0.25, 0.3) is 0 Å². The molecule has 0 unspecified atom stereocenters. The highest BCUT2D eigenvalue weighted by Crippen LogP contribution is 2.36. The van der Waals surface area contributed by atoms with Crippen LogP contribution in [0.1, 0.15) is 32.1 Å². The van der Waals surface area contributed by atoms with Crippen LogP contribution in [0, 0.1) is 11.8 Å². The Morgan fingerprint density at radius 2 is 1.74 bits per heavy atom. The number of nitrogens with two attached hydrogens (primary N) is 1. The van der Waals surface area contributed by atoms with Gasteiger partial charge in [-0.3, -0.25) is 0 Å². The number of hydrogen-bond donors (Lipinski definition) is 2. The monoisotopic (exact) mass is 337 g/mol. The summed E-state index contributed by atoms with van der Waals surface area (Å²) >= 11 is 0. The molecule has 1 aromatic rings. The van der Waals surface area contributed by atoms with Crippen LogP contribution in [-0.4, -0.2) is 32.4 Å². The van der Waals surface area contributed by atoms with Crippen molar-refractivity contribution in [3.8, 4) is 0 Å². The maximum atomic E-state index is 12.4. The van der Waals surface area contributed by atoms with Gasteiger partial charge in [0, 0.05) is 18.8 Å². The van der Waals surface area contributed by atoms with Gasteiger partial charge in [-0.2, -0.15) is 0 Å². The fourth-order valence-corrected chi connectivity index (χ4v) is 4.23. The van der Waals surface area contributed by atoms with E-state index >= 15 is 0 Å². The molecule has 0 bridgehead atoms. The summed E-state index contributed by atoms with van der Waals surface area (Å²) in [5.41, 5.74) is 0.577. The normalized spacial score (nSPS) is 24.8. The highest BCUT2D eigenvalue weighted by molar-refractivity contribution is 7.89. The number of fused-ring (bicyclic) bond motifs is 1. The Bertz CT molecular complexity index is 672. The molecule has 0 radical (unpaired) electrons. The third-order valence-electron chi connectivity index (χ3n) is 5.01. The highest BCUT2D eigenvalue weighted by atomic mass is 32.2. The number of carbonyl (C=O) groups excluding carboxylic acids is 1. The summed E-state index contributed by atoms with van der Waals surface area (Å²) in [6, 6.07) is 5.81. The number of hydrogen-bond acceptors (Lipinski definition) is 3. The number of piperidine rings is 1. The van der Waals surface area contributed by atoms with Crippen LogP contribution < -0.4 is 10.5 Å². The lowest BCUT2D eigenvalue weighted by Gasteiger charge is -2.41. The molecule has 2 amide bonds. The van der Waals surface area contributed by atoms with E-state index in [1.165, 1.54) is 37.8 Å². The van der Waals surface area contributed by atoms with Crippen molar-refractivity contribution in [3.05, 3.63) is 24.3 Å². The number of amides is 2. The summed E-state index contributed by atoms with van der Waals surface area (Å²) in [4.78, 5) is 14.3. The van der Waals surface area contributed by atoms with Crippen molar-refractivity contribution in [2.75, 3.05) is 18.4 Å². The second kappa shape index (κ2) is 6.49. The summed E-state index contributed by atoms with van der Waals surface area (Å²) in [5, 5.41) is 7.90. The largest absolute Gasteiger partial charge is 0.324 e. The maximum absolute atomic E-state index is 12.4. The number of urea groups is 1. The number of nitrogens with one attached hydrogen (secondary N) is 1. The summed E-state index contributed by atoms with van der Waals surface area (Å²) in [7, 11) is -3.70. The number of nitrogens with zero attached hydrogens (tertiary/aromatic N) is 1. The van der Waals surface area contributed by atoms with Crippen molar-refractivity contribution < 1.29 is 13.2 Å². The lowest BCUT2D eigenvalue weighted by atomic mass is 9.75. The van der Waals surface area contributed by atoms with Crippen LogP contribution in [0.3, 0.4) is 0 Å². The van der Waals surface area contributed by atoms with Crippen molar-refractivity contribution in [1.82, 2.24) is 4.90 Å². The average molecular weight is 337 g/mol. The first-order chi connectivity index (χ1) is 10.9. The van der Waals surface area contributed by atoms with Crippen molar-refractivity contribution in [2.24, 2.45) is 17.0 Å². The van der Waals surface area contributed by atoms with E-state index in [9.17, 15) is 13.2 Å². The molecule has 0 aromatic heterocycles. The van der Waals surface area contributed by atoms with E-state index in [1.54, 1.807) is 12.1 Å². The fourth-order valence-electron chi connectivity index (χ4n) is 3.72. The molecule has 1 saturated carbocycles. The van der Waals surface area contributed by atoms with Crippen LogP contribution in [0.5, 0.6) is 0 Å². The number of rotatable bonds is 2. The Morgan fingerprint density at radius 1 is 1.09 bits per heavy atom. The molecule has 2 aliphatic rings. The van der Waals surface area contributed by atoms with E-state index in [-0.39, 0.29) is 10.9 Å². The van der Waals surface area contributed by atoms with Gasteiger partial charge in [-0.05, 0) is 48.9 Å². The van der Waals surface area contributed by atoms with Crippen molar-refractivity contribution in [3.63, 3.8) is 0 Å². The minimum absolute atomic E-state index is 0.0403. The van der Waals surface area contributed by atoms with Crippen LogP contribution in [0.15, 0.2) is 29.2 Å². The van der Waals surface area contributed by atoms with Gasteiger partial charge in [0.05, 0.1) is 4.90 Å². The quantitative estimate of drug-likeness (QED) is 0.868. The van der Waals surface area contributed by atoms with Gasteiger partial charge >= 0.3 is 6.03 Å². The average Bonchev–Trinajstić information content (AvgIpc) is 2.54. The molecular formula is C16H23N3O3S. The van der Waals surface area contributed by atoms with E-state index in [0.29, 0.717) is 11.6 Å². The molecule has 126 valence electrons. The topological polar surface area (TPSA) is 92.5 Å². The zero-order chi connectivity index (χ0) is 16.4. The van der Waals surface area contributed by atoms with Crippen molar-refractivity contribution in [1.29, 1.82) is 0 Å². The van der Waals surface area contributed by atoms with Crippen LogP contribution in [0.25, 0.3) is 0 Å². The minimum Gasteiger partial charge on any atom is -0.324 e. The molecule has 1 aliphatic carbocycles. The number of carbonyl (C=O) groups is 1. The first-order valence-electron chi connectivity index (χ1n) is 8.12. The maximum Gasteiger partial charge on any atom is 0.321 e. The summed E-state index contributed by atoms with van der Waals surface area (Å²) in [6.45, 7) is 1.62. The van der Waals surface area contributed by atoms with Gasteiger partial charge in [-0.25, -0.2) is 18.4 Å². The van der Waals surface area contributed by atoms with Crippen LogP contribution in [-0.2, 0) is 10.0 Å². The summed E-state index contributed by atoms with van der Waals surface area (Å²) < 4.78 is 22.5. The van der Waals surface area contributed by atoms with E-state index in [4.69, 9.17) is 5.14 Å². The molecule has 7 heteroatoms. The first kappa shape index (κ1) is 16.3. The third kappa shape index (κ3) is 3.84. The summed E-state index contributed by atoms with van der Waals surface area (Å²) in [5.74, 6) is 1.41. The molecule has 2 fully saturated rings. The second-order valence-electron chi connectivity index (χ2n) is 6.54. The molecule has 3 N–H and O–H groups in total. The minimum atomic E-state index is -3.70. The molecule has 2 atom stereocenters. The molecule has 1 heterocycles. The molecule has 3 rings (SSSR count). The van der Waals surface area contributed by atoms with Crippen molar-refractivity contribution in [2.45, 2.75) is 37.0 Å². The standard InChI is InChI=1S/C16H23N3O3S/c17-23(21,22)15-7-5-14(6-8-15)18-16(20)19-10-9-12-3-1-2-4-13(12)11-19/h5-8,12-13H,1-4,9-11H2,(H,18,20)(H2,17,21,22)/t12-,13+/m0/s1. The Hall–Kier alpha value is -1.60. The van der Waals surface area contributed by atoms with Gasteiger partial charge < -0.3 is 10.2 Å². The third-order valence-corrected chi connectivity index (χ3v) is 5.94. The Labute approximate surface area is 137 Å². The number of primary sulfonamides is 1. The lowest BCUT2D eigenvalue weighted by Crippen LogP contribution is -2.46. The number of benzene rings is 1. The molecule has 1 aromatic carbocycles. The molecule has 1 saturated heterocycles. The Morgan fingerprint density at radius 3 is 2.39 bits per heavy atom. The number of anilines is 1. The SMILES string of the molecule is NS(=O)(=O)c1ccc(NC(=O)N2CC[C@@H]3CCCC[C@@H]3C2)cc1. The van der Waals surface area contributed by atoms with Gasteiger partial charge in [0.1, 0.15) is 0 Å². The summed E-state index contributed by atoms with van der Waals surface area (Å²) in [6.07, 6.45) is 6.20. The zero-order valence-corrected chi connectivity index (χ0v) is 13.9. The predicted octanol–water partition coefficient (Wildman–Crippen LogP) is 2.38. The second-order valence-corrected chi connectivity index (χ2v) is 8.10. The molecule has 0 spiro atoms. The number of likely N-dealkylation sites (tertiary alicyclic amines) is 1. The van der Waals surface area contributed by atoms with E-state index in [2.05, 4.69) is 5.32 Å². The molecule has 6 nitrogen and oxygen atoms in total. The molecule has 1 aliphatic heterocycles. The van der Waals surface area contributed by atoms with E-state index < -0.39 is 10.0 Å². The predicted molar refractivity (Wildman–Crippen MR) is 88.5 cm³/mol. The van der Waals surface area contributed by atoms with E-state index in [1.807, 2.05) is 4.90 Å². The lowest BCUT2D eigenvalue weighted by molar-refractivity contribution is 0.108. The molecular weight excluding hydrogens is 314 g/mol. The van der Waals surface area contributed by atoms with E-state index in [0.717, 1.165) is 25.4 Å². The van der Waals surface area contributed by atoms with Crippen LogP contribution in [0.4, 0.5) is 10.5 Å². The van der Waals surface area contributed by atoms with Crippen LogP contribution in [0.2, 0.25) is 0 Å². The zero-order valence-electron chi connectivity index (χ0n) is 13.1. The van der Waals surface area contributed by atoms with Crippen LogP contribution >= 0.6 is 0 Å². The fraction of sp³-hybridized carbons (Fsp3) is 0.562. The first-order valence-corrected chi connectivity index (χ1v) is 9.67. The highest BCUT2D eigenvalue weighted by Gasteiger charge is 2.32. The number of sulfonamides is 1.